The van der Waals surface area contributed by atoms with E-state index in [1.165, 1.54) is 0 Å². The fourth-order valence-electron chi connectivity index (χ4n) is 2.43. The number of hydrogen-bond donors (Lipinski definition) is 0. The van der Waals surface area contributed by atoms with Gasteiger partial charge in [0.2, 0.25) is 5.91 Å². The second kappa shape index (κ2) is 4.89. The monoisotopic (exact) mass is 319 g/mol. The summed E-state index contributed by atoms with van der Waals surface area (Å²) in [6.07, 6.45) is 3.13. The second-order valence-corrected chi connectivity index (χ2v) is 5.63. The molecule has 3 rings (SSSR count). The first-order valence-corrected chi connectivity index (χ1v) is 7.18. The summed E-state index contributed by atoms with van der Waals surface area (Å²) in [5.74, 6) is 0.207. The third kappa shape index (κ3) is 2.34. The van der Waals surface area contributed by atoms with Crippen molar-refractivity contribution in [3.8, 4) is 0 Å². The molecule has 4 nitrogen and oxygen atoms in total. The van der Waals surface area contributed by atoms with Crippen LogP contribution in [-0.2, 0) is 17.8 Å². The van der Waals surface area contributed by atoms with Gasteiger partial charge in [0.1, 0.15) is 0 Å². The average molecular weight is 320 g/mol. The summed E-state index contributed by atoms with van der Waals surface area (Å²) in [6.45, 7) is 3.32. The van der Waals surface area contributed by atoms with Crippen molar-refractivity contribution >= 4 is 32.9 Å². The van der Waals surface area contributed by atoms with Crippen LogP contribution in [0.25, 0.3) is 11.0 Å². The number of hydrogen-bond acceptors (Lipinski definition) is 3. The lowest BCUT2D eigenvalue weighted by atomic mass is 10.0. The molecule has 19 heavy (non-hydrogen) atoms. The molecule has 0 fully saturated rings. The molecule has 1 aliphatic heterocycles. The maximum Gasteiger partial charge on any atom is 0.222 e. The molecule has 1 aliphatic rings. The van der Waals surface area contributed by atoms with Gasteiger partial charge in [-0.25, -0.2) is 9.97 Å². The number of pyridine rings is 2. The zero-order valence-corrected chi connectivity index (χ0v) is 12.3. The molecule has 0 atom stereocenters. The molecule has 0 unspecified atom stereocenters. The Hall–Kier alpha value is -1.49. The molecule has 3 heterocycles. The Bertz CT molecular complexity index is 656. The molecule has 0 saturated heterocycles. The van der Waals surface area contributed by atoms with Crippen molar-refractivity contribution in [3.63, 3.8) is 0 Å². The third-order valence-corrected chi connectivity index (χ3v) is 3.87. The van der Waals surface area contributed by atoms with E-state index in [-0.39, 0.29) is 5.91 Å². The maximum atomic E-state index is 11.8. The molecule has 5 heteroatoms. The van der Waals surface area contributed by atoms with E-state index in [2.05, 4.69) is 32.0 Å². The lowest BCUT2D eigenvalue weighted by molar-refractivity contribution is -0.131. The fourth-order valence-corrected chi connectivity index (χ4v) is 2.78. The number of carbonyl (C=O) groups is 1. The van der Waals surface area contributed by atoms with Crippen molar-refractivity contribution in [3.05, 3.63) is 34.1 Å². The van der Waals surface area contributed by atoms with Crippen LogP contribution in [0.15, 0.2) is 22.8 Å². The molecular formula is C14H14BrN3O. The summed E-state index contributed by atoms with van der Waals surface area (Å²) in [5, 5.41) is 1.01. The number of nitrogens with zero attached hydrogens (tertiary/aromatic N) is 3. The number of carbonyl (C=O) groups excluding carboxylic acids is 1. The Morgan fingerprint density at radius 2 is 2.32 bits per heavy atom. The van der Waals surface area contributed by atoms with Crippen molar-refractivity contribution in [1.29, 1.82) is 0 Å². The lowest BCUT2D eigenvalue weighted by Crippen LogP contribution is -2.35. The van der Waals surface area contributed by atoms with E-state index in [9.17, 15) is 4.79 Å². The van der Waals surface area contributed by atoms with E-state index >= 15 is 0 Å². The summed E-state index contributed by atoms with van der Waals surface area (Å²) in [6, 6.07) is 4.11. The summed E-state index contributed by atoms with van der Waals surface area (Å²) in [5.41, 5.74) is 2.99. The Morgan fingerprint density at radius 1 is 1.47 bits per heavy atom. The number of halogens is 1. The number of amides is 1. The number of rotatable bonds is 1. The third-order valence-electron chi connectivity index (χ3n) is 3.44. The lowest BCUT2D eigenvalue weighted by Gasteiger charge is -2.28. The van der Waals surface area contributed by atoms with Crippen LogP contribution in [0.3, 0.4) is 0 Å². The Kier molecular flexibility index (Phi) is 3.22. The first-order valence-electron chi connectivity index (χ1n) is 6.39. The topological polar surface area (TPSA) is 46.1 Å². The first kappa shape index (κ1) is 12.5. The van der Waals surface area contributed by atoms with Gasteiger partial charge in [0.25, 0.3) is 0 Å². The summed E-state index contributed by atoms with van der Waals surface area (Å²) >= 11 is 3.42. The van der Waals surface area contributed by atoms with Gasteiger partial charge in [-0.2, -0.15) is 0 Å². The molecule has 0 aromatic carbocycles. The van der Waals surface area contributed by atoms with Gasteiger partial charge in [-0.15, -0.1) is 0 Å². The van der Waals surface area contributed by atoms with Gasteiger partial charge in [0.15, 0.2) is 5.65 Å². The van der Waals surface area contributed by atoms with E-state index in [4.69, 9.17) is 0 Å². The van der Waals surface area contributed by atoms with Crippen molar-refractivity contribution < 1.29 is 4.79 Å². The Labute approximate surface area is 120 Å². The smallest absolute Gasteiger partial charge is 0.222 e. The largest absolute Gasteiger partial charge is 0.338 e. The van der Waals surface area contributed by atoms with Crippen LogP contribution in [0, 0.1) is 0 Å². The molecule has 0 spiro atoms. The van der Waals surface area contributed by atoms with Gasteiger partial charge in [-0.1, -0.05) is 6.92 Å². The highest BCUT2D eigenvalue weighted by Gasteiger charge is 2.21. The van der Waals surface area contributed by atoms with Gasteiger partial charge in [0.05, 0.1) is 0 Å². The van der Waals surface area contributed by atoms with Crippen LogP contribution < -0.4 is 0 Å². The maximum absolute atomic E-state index is 11.8. The molecule has 98 valence electrons. The van der Waals surface area contributed by atoms with Crippen LogP contribution in [0.5, 0.6) is 0 Å². The minimum absolute atomic E-state index is 0.207. The molecule has 0 radical (unpaired) electrons. The van der Waals surface area contributed by atoms with Crippen molar-refractivity contribution in [2.75, 3.05) is 6.54 Å². The minimum atomic E-state index is 0.207. The van der Waals surface area contributed by atoms with Crippen LogP contribution in [-0.4, -0.2) is 27.3 Å². The van der Waals surface area contributed by atoms with E-state index in [1.807, 2.05) is 17.9 Å². The molecule has 0 bridgehead atoms. The Balaban J connectivity index is 2.02. The van der Waals surface area contributed by atoms with Crippen LogP contribution in [0.2, 0.25) is 0 Å². The predicted octanol–water partition coefficient (Wildman–Crippen LogP) is 2.69. The zero-order valence-electron chi connectivity index (χ0n) is 10.7. The van der Waals surface area contributed by atoms with E-state index in [1.54, 1.807) is 6.20 Å². The minimum Gasteiger partial charge on any atom is -0.338 e. The van der Waals surface area contributed by atoms with Gasteiger partial charge in [-0.3, -0.25) is 4.79 Å². The van der Waals surface area contributed by atoms with Crippen LogP contribution >= 0.6 is 15.9 Å². The average Bonchev–Trinajstić information content (AvgIpc) is 2.43. The highest BCUT2D eigenvalue weighted by molar-refractivity contribution is 9.10. The molecule has 2 aromatic rings. The van der Waals surface area contributed by atoms with Crippen LogP contribution in [0.4, 0.5) is 0 Å². The van der Waals surface area contributed by atoms with E-state index in [0.29, 0.717) is 13.0 Å². The normalized spacial score (nSPS) is 14.5. The van der Waals surface area contributed by atoms with E-state index < -0.39 is 0 Å². The van der Waals surface area contributed by atoms with Crippen LogP contribution in [0.1, 0.15) is 24.6 Å². The molecule has 2 aromatic heterocycles. The van der Waals surface area contributed by atoms with Gasteiger partial charge in [0, 0.05) is 47.7 Å². The summed E-state index contributed by atoms with van der Waals surface area (Å²) in [4.78, 5) is 22.6. The second-order valence-electron chi connectivity index (χ2n) is 4.71. The highest BCUT2D eigenvalue weighted by Crippen LogP contribution is 2.23. The quantitative estimate of drug-likeness (QED) is 0.811. The summed E-state index contributed by atoms with van der Waals surface area (Å²) in [7, 11) is 0. The fraction of sp³-hybridized carbons (Fsp3) is 0.357. The number of fused-ring (bicyclic) bond motifs is 2. The zero-order chi connectivity index (χ0) is 13.4. The van der Waals surface area contributed by atoms with Crippen molar-refractivity contribution in [2.24, 2.45) is 0 Å². The van der Waals surface area contributed by atoms with Crippen molar-refractivity contribution in [2.45, 2.75) is 26.3 Å². The highest BCUT2D eigenvalue weighted by atomic mass is 79.9. The van der Waals surface area contributed by atoms with Gasteiger partial charge < -0.3 is 4.90 Å². The van der Waals surface area contributed by atoms with Crippen molar-refractivity contribution in [1.82, 2.24) is 14.9 Å². The molecule has 0 N–H and O–H groups in total. The molecule has 1 amide bonds. The SMILES string of the molecule is CCC(=O)N1CCc2nc3ncc(Br)cc3cc2C1. The van der Waals surface area contributed by atoms with E-state index in [0.717, 1.165) is 39.7 Å². The summed E-state index contributed by atoms with van der Waals surface area (Å²) < 4.78 is 0.944. The van der Waals surface area contributed by atoms with Gasteiger partial charge >= 0.3 is 0 Å². The Morgan fingerprint density at radius 3 is 3.11 bits per heavy atom. The van der Waals surface area contributed by atoms with Gasteiger partial charge in [-0.05, 0) is 33.6 Å². The molecular weight excluding hydrogens is 306 g/mol. The predicted molar refractivity (Wildman–Crippen MR) is 76.7 cm³/mol. The molecule has 0 aliphatic carbocycles. The number of aromatic nitrogens is 2. The molecule has 0 saturated carbocycles. The first-order chi connectivity index (χ1) is 9.17. The standard InChI is InChI=1S/C14H14BrN3O/c1-2-13(19)18-4-3-12-10(8-18)5-9-6-11(15)7-16-14(9)17-12/h5-7H,2-4,8H2,1H3.